The number of aliphatic hydroxyl groups is 1. The van der Waals surface area contributed by atoms with Gasteiger partial charge in [0.05, 0.1) is 23.3 Å². The number of rotatable bonds is 15. The quantitative estimate of drug-likeness (QED) is 0.117. The minimum atomic E-state index is -0.898. The third kappa shape index (κ3) is 9.52. The molecule has 2 aliphatic heterocycles. The number of halogens is 1. The number of carboxylic acids is 1. The van der Waals surface area contributed by atoms with Crippen LogP contribution >= 0.6 is 11.6 Å². The van der Waals surface area contributed by atoms with Crippen LogP contribution in [0.25, 0.3) is 11.1 Å². The minimum Gasteiger partial charge on any atom is -0.493 e. The summed E-state index contributed by atoms with van der Waals surface area (Å²) < 4.78 is 19.0. The van der Waals surface area contributed by atoms with Gasteiger partial charge in [-0.15, -0.1) is 0 Å². The van der Waals surface area contributed by atoms with Crippen molar-refractivity contribution >= 4 is 17.6 Å². The van der Waals surface area contributed by atoms with Crippen LogP contribution in [0.3, 0.4) is 0 Å². The maximum Gasteiger partial charge on any atom is 0.321 e. The summed E-state index contributed by atoms with van der Waals surface area (Å²) in [6, 6.07) is 19.8. The average Bonchev–Trinajstić information content (AvgIpc) is 3.55. The second-order valence-electron chi connectivity index (χ2n) is 14.4. The van der Waals surface area contributed by atoms with E-state index >= 15 is 0 Å². The van der Waals surface area contributed by atoms with E-state index in [9.17, 15) is 20.3 Å². The van der Waals surface area contributed by atoms with Gasteiger partial charge >= 0.3 is 5.97 Å². The van der Waals surface area contributed by atoms with Crippen molar-refractivity contribution in [2.75, 3.05) is 26.2 Å². The summed E-state index contributed by atoms with van der Waals surface area (Å²) in [4.78, 5) is 20.0. The monoisotopic (exact) mass is 752 g/mol. The molecular formula is C43H49ClN4O6. The second kappa shape index (κ2) is 18.1. The molecule has 0 saturated carbocycles. The predicted molar refractivity (Wildman–Crippen MR) is 208 cm³/mol. The van der Waals surface area contributed by atoms with Gasteiger partial charge in [-0.05, 0) is 92.6 Å². The summed E-state index contributed by atoms with van der Waals surface area (Å²) in [6.07, 6.45) is 7.10. The summed E-state index contributed by atoms with van der Waals surface area (Å²) in [6.45, 7) is 10.0. The molecule has 3 heterocycles. The minimum absolute atomic E-state index is 0.253. The molecule has 2 saturated heterocycles. The molecule has 10 nitrogen and oxygen atoms in total. The number of ether oxygens (including phenoxy) is 3. The second-order valence-corrected chi connectivity index (χ2v) is 14.8. The molecule has 0 unspecified atom stereocenters. The van der Waals surface area contributed by atoms with Crippen molar-refractivity contribution < 1.29 is 29.2 Å². The Morgan fingerprint density at radius 1 is 0.944 bits per heavy atom. The highest BCUT2D eigenvalue weighted by molar-refractivity contribution is 6.32. The zero-order chi connectivity index (χ0) is 38.2. The van der Waals surface area contributed by atoms with Crippen molar-refractivity contribution in [3.05, 3.63) is 105 Å². The fraction of sp³-hybridized carbons (Fsp3) is 0.419. The van der Waals surface area contributed by atoms with E-state index in [0.717, 1.165) is 57.7 Å². The molecular weight excluding hydrogens is 704 g/mol. The lowest BCUT2D eigenvalue weighted by atomic mass is 9.93. The number of aromatic nitrogens is 1. The first-order chi connectivity index (χ1) is 26.1. The zero-order valence-electron chi connectivity index (χ0n) is 31.3. The van der Waals surface area contributed by atoms with Crippen LogP contribution in [0.2, 0.25) is 5.02 Å². The van der Waals surface area contributed by atoms with Gasteiger partial charge in [0.2, 0.25) is 0 Å². The molecule has 284 valence electrons. The lowest BCUT2D eigenvalue weighted by Crippen LogP contribution is -2.37. The summed E-state index contributed by atoms with van der Waals surface area (Å²) in [7, 11) is 0. The third-order valence-electron chi connectivity index (χ3n) is 10.7. The van der Waals surface area contributed by atoms with Crippen LogP contribution in [0.15, 0.2) is 67.0 Å². The molecule has 0 radical (unpaired) electrons. The molecule has 6 rings (SSSR count). The normalized spacial score (nSPS) is 19.0. The van der Waals surface area contributed by atoms with Crippen molar-refractivity contribution in [2.24, 2.45) is 0 Å². The number of aliphatic hydroxyl groups excluding tert-OH is 1. The Bertz CT molecular complexity index is 1980. The van der Waals surface area contributed by atoms with Gasteiger partial charge in [-0.3, -0.25) is 19.6 Å². The highest BCUT2D eigenvalue weighted by Crippen LogP contribution is 2.37. The van der Waals surface area contributed by atoms with E-state index in [1.165, 1.54) is 19.0 Å². The summed E-state index contributed by atoms with van der Waals surface area (Å²) in [5.74, 6) is 1.09. The number of benzene rings is 3. The molecule has 54 heavy (non-hydrogen) atoms. The van der Waals surface area contributed by atoms with Gasteiger partial charge in [0.15, 0.2) is 0 Å². The number of β-amino-alcohol motifs (C(OH)–C–C–N with tert-alkyl or cyclic N) is 1. The first-order valence-electron chi connectivity index (χ1n) is 18.7. The predicted octanol–water partition coefficient (Wildman–Crippen LogP) is 7.71. The highest BCUT2D eigenvalue weighted by atomic mass is 35.5. The molecule has 11 heteroatoms. The number of nitriles is 1. The van der Waals surface area contributed by atoms with Crippen LogP contribution in [0.5, 0.6) is 17.2 Å². The number of nitrogens with zero attached hydrogens (tertiary/aromatic N) is 4. The van der Waals surface area contributed by atoms with Crippen LogP contribution in [0, 0.1) is 25.2 Å². The molecule has 4 aromatic rings. The Morgan fingerprint density at radius 2 is 1.72 bits per heavy atom. The van der Waals surface area contributed by atoms with Gasteiger partial charge in [-0.25, -0.2) is 0 Å². The van der Waals surface area contributed by atoms with Crippen LogP contribution in [0.1, 0.15) is 72.4 Å². The number of likely N-dealkylation sites (tertiary alicyclic amines) is 2. The van der Waals surface area contributed by atoms with E-state index < -0.39 is 18.1 Å². The number of piperidine rings is 1. The van der Waals surface area contributed by atoms with E-state index in [-0.39, 0.29) is 13.0 Å². The van der Waals surface area contributed by atoms with E-state index in [1.54, 1.807) is 12.3 Å². The number of carbonyl (C=O) groups is 1. The van der Waals surface area contributed by atoms with Crippen LogP contribution in [0.4, 0.5) is 0 Å². The molecule has 3 atom stereocenters. The molecule has 0 bridgehead atoms. The van der Waals surface area contributed by atoms with Crippen molar-refractivity contribution in [1.29, 1.82) is 5.26 Å². The van der Waals surface area contributed by atoms with Crippen molar-refractivity contribution in [1.82, 2.24) is 14.8 Å². The molecule has 2 aliphatic rings. The summed E-state index contributed by atoms with van der Waals surface area (Å²) >= 11 is 6.90. The lowest BCUT2D eigenvalue weighted by Gasteiger charge is -2.33. The number of hydrogen-bond donors (Lipinski definition) is 2. The molecule has 2 fully saturated rings. The SMILES string of the molecule is Cc1c(COc2cc(OCc3cncc(C#N)c3)c(CN3CCCC[C@H]3C)cc2Cl)cccc1-c1cccc(OCCCN2C[C@@H](O)C[C@H]2C(=O)O)c1C. The van der Waals surface area contributed by atoms with Gasteiger partial charge in [-0.1, -0.05) is 48.4 Å². The topological polar surface area (TPSA) is 128 Å². The first-order valence-corrected chi connectivity index (χ1v) is 19.1. The average molecular weight is 753 g/mol. The number of aliphatic carboxylic acids is 1. The van der Waals surface area contributed by atoms with E-state index in [4.69, 9.17) is 25.8 Å². The standard InChI is InChI=1S/C43H49ClN4O6/c1-28-9-4-5-14-47(28)24-34-18-38(44)42(20-41(34)53-26-32-17-31(21-45)22-46-23-32)54-27-33-10-6-11-36(29(33)2)37-12-7-13-40(30(37)3)52-16-8-15-48-25-35(49)19-39(48)43(50)51/h6-7,10-13,17-18,20,22-23,28,35,39,49H,4-5,8-9,14-16,19,24-27H2,1-3H3,(H,50,51)/t28-,35+,39+/m1/s1. The zero-order valence-corrected chi connectivity index (χ0v) is 32.0. The third-order valence-corrected chi connectivity index (χ3v) is 11.0. The maximum absolute atomic E-state index is 11.6. The summed E-state index contributed by atoms with van der Waals surface area (Å²) in [5.41, 5.74) is 7.51. The molecule has 0 aliphatic carbocycles. The van der Waals surface area contributed by atoms with Gasteiger partial charge in [-0.2, -0.15) is 5.26 Å². The van der Waals surface area contributed by atoms with E-state index in [0.29, 0.717) is 67.4 Å². The molecule has 3 aromatic carbocycles. The van der Waals surface area contributed by atoms with E-state index in [2.05, 4.69) is 48.0 Å². The Kier molecular flexibility index (Phi) is 13.1. The Hall–Kier alpha value is -4.66. The Balaban J connectivity index is 1.15. The van der Waals surface area contributed by atoms with Crippen LogP contribution in [-0.2, 0) is 24.6 Å². The fourth-order valence-electron chi connectivity index (χ4n) is 7.53. The van der Waals surface area contributed by atoms with Crippen LogP contribution < -0.4 is 14.2 Å². The van der Waals surface area contributed by atoms with Crippen LogP contribution in [-0.4, -0.2) is 75.4 Å². The van der Waals surface area contributed by atoms with Crippen molar-refractivity contribution in [3.63, 3.8) is 0 Å². The molecule has 0 spiro atoms. The Morgan fingerprint density at radius 3 is 2.50 bits per heavy atom. The first kappa shape index (κ1) is 39.0. The highest BCUT2D eigenvalue weighted by Gasteiger charge is 2.35. The number of carboxylic acid groups (broad SMARTS) is 1. The molecule has 2 N–H and O–H groups in total. The smallest absolute Gasteiger partial charge is 0.321 e. The Labute approximate surface area is 322 Å². The number of pyridine rings is 1. The van der Waals surface area contributed by atoms with Gasteiger partial charge in [0.25, 0.3) is 0 Å². The van der Waals surface area contributed by atoms with Crippen molar-refractivity contribution in [2.45, 2.75) is 90.8 Å². The van der Waals surface area contributed by atoms with E-state index in [1.807, 2.05) is 42.2 Å². The summed E-state index contributed by atoms with van der Waals surface area (Å²) in [5, 5.41) is 29.3. The maximum atomic E-state index is 11.6. The molecule has 0 amide bonds. The van der Waals surface area contributed by atoms with Crippen molar-refractivity contribution in [3.8, 4) is 34.4 Å². The lowest BCUT2D eigenvalue weighted by molar-refractivity contribution is -0.142. The fourth-order valence-corrected chi connectivity index (χ4v) is 7.77. The molecule has 1 aromatic heterocycles. The number of hydrogen-bond acceptors (Lipinski definition) is 9. The van der Waals surface area contributed by atoms with Gasteiger partial charge in [0, 0.05) is 61.7 Å². The van der Waals surface area contributed by atoms with Gasteiger partial charge in [0.1, 0.15) is 42.6 Å². The van der Waals surface area contributed by atoms with Gasteiger partial charge < -0.3 is 24.4 Å². The largest absolute Gasteiger partial charge is 0.493 e.